The summed E-state index contributed by atoms with van der Waals surface area (Å²) in [5.74, 6) is 2.13. The SMILES string of the molecule is C=CCC1(O)CCCCC1CCC(=CCCc1ccc2c(c1)OCO2)CC. The van der Waals surface area contributed by atoms with E-state index in [1.165, 1.54) is 17.6 Å². The summed E-state index contributed by atoms with van der Waals surface area (Å²) in [6.07, 6.45) is 14.8. The number of fused-ring (bicyclic) bond motifs is 1. The van der Waals surface area contributed by atoms with E-state index in [-0.39, 0.29) is 0 Å². The van der Waals surface area contributed by atoms with Crippen molar-refractivity contribution in [2.45, 2.75) is 76.7 Å². The van der Waals surface area contributed by atoms with Gasteiger partial charge in [-0.3, -0.25) is 0 Å². The maximum Gasteiger partial charge on any atom is 0.231 e. The third kappa shape index (κ3) is 5.16. The second-order valence-corrected chi connectivity index (χ2v) is 8.02. The Bertz CT molecular complexity index is 664. The predicted molar refractivity (Wildman–Crippen MR) is 110 cm³/mol. The van der Waals surface area contributed by atoms with Crippen LogP contribution in [-0.2, 0) is 6.42 Å². The van der Waals surface area contributed by atoms with Gasteiger partial charge in [0, 0.05) is 0 Å². The zero-order chi connectivity index (χ0) is 19.1. The zero-order valence-electron chi connectivity index (χ0n) is 16.7. The monoisotopic (exact) mass is 370 g/mol. The lowest BCUT2D eigenvalue weighted by Gasteiger charge is -2.40. The van der Waals surface area contributed by atoms with Crippen molar-refractivity contribution in [3.63, 3.8) is 0 Å². The summed E-state index contributed by atoms with van der Waals surface area (Å²) in [6.45, 7) is 6.42. The number of rotatable bonds is 9. The largest absolute Gasteiger partial charge is 0.454 e. The average Bonchev–Trinajstić information content (AvgIpc) is 3.13. The molecule has 0 spiro atoms. The van der Waals surface area contributed by atoms with Gasteiger partial charge in [-0.05, 0) is 75.0 Å². The Labute approximate surface area is 164 Å². The van der Waals surface area contributed by atoms with E-state index in [0.717, 1.165) is 69.3 Å². The van der Waals surface area contributed by atoms with Crippen LogP contribution in [-0.4, -0.2) is 17.5 Å². The molecule has 27 heavy (non-hydrogen) atoms. The maximum absolute atomic E-state index is 11.0. The zero-order valence-corrected chi connectivity index (χ0v) is 16.7. The molecular weight excluding hydrogens is 336 g/mol. The second-order valence-electron chi connectivity index (χ2n) is 8.02. The highest BCUT2D eigenvalue weighted by Crippen LogP contribution is 2.40. The Hall–Kier alpha value is -1.74. The normalized spacial score (nSPS) is 24.8. The second kappa shape index (κ2) is 9.45. The molecule has 0 bridgehead atoms. The van der Waals surface area contributed by atoms with E-state index in [1.54, 1.807) is 0 Å². The van der Waals surface area contributed by atoms with E-state index in [2.05, 4.69) is 31.7 Å². The van der Waals surface area contributed by atoms with Crippen LogP contribution < -0.4 is 9.47 Å². The molecule has 0 aromatic heterocycles. The van der Waals surface area contributed by atoms with Gasteiger partial charge in [-0.25, -0.2) is 0 Å². The molecule has 0 radical (unpaired) electrons. The van der Waals surface area contributed by atoms with E-state index in [0.29, 0.717) is 12.7 Å². The van der Waals surface area contributed by atoms with Crippen molar-refractivity contribution < 1.29 is 14.6 Å². The lowest BCUT2D eigenvalue weighted by atomic mass is 9.71. The molecule has 148 valence electrons. The van der Waals surface area contributed by atoms with Crippen molar-refractivity contribution in [1.29, 1.82) is 0 Å². The summed E-state index contributed by atoms with van der Waals surface area (Å²) in [5.41, 5.74) is 2.28. The first-order valence-electron chi connectivity index (χ1n) is 10.5. The molecule has 3 heteroatoms. The van der Waals surface area contributed by atoms with Crippen LogP contribution in [0.25, 0.3) is 0 Å². The van der Waals surface area contributed by atoms with Crippen molar-refractivity contribution in [1.82, 2.24) is 0 Å². The molecule has 1 saturated carbocycles. The number of benzene rings is 1. The van der Waals surface area contributed by atoms with Crippen LogP contribution >= 0.6 is 0 Å². The molecular formula is C24H34O3. The first-order valence-corrected chi connectivity index (χ1v) is 10.5. The molecule has 1 heterocycles. The number of allylic oxidation sites excluding steroid dienone is 2. The van der Waals surface area contributed by atoms with Gasteiger partial charge in [0.15, 0.2) is 11.5 Å². The molecule has 3 nitrogen and oxygen atoms in total. The van der Waals surface area contributed by atoms with Crippen molar-refractivity contribution in [2.24, 2.45) is 5.92 Å². The molecule has 2 atom stereocenters. The van der Waals surface area contributed by atoms with Crippen LogP contribution in [0.15, 0.2) is 42.5 Å². The van der Waals surface area contributed by atoms with Crippen molar-refractivity contribution in [2.75, 3.05) is 6.79 Å². The lowest BCUT2D eigenvalue weighted by molar-refractivity contribution is -0.0485. The standard InChI is InChI=1S/C24H34O3/c1-3-15-24(25)16-6-5-10-21(24)13-11-19(4-2)8-7-9-20-12-14-22-23(17-20)27-18-26-22/h3,8,12,14,17,21,25H,1,4-7,9-11,13,15-16,18H2,2H3. The molecule has 0 amide bonds. The quantitative estimate of drug-likeness (QED) is 0.545. The third-order valence-corrected chi connectivity index (χ3v) is 6.24. The summed E-state index contributed by atoms with van der Waals surface area (Å²) >= 11 is 0. The molecule has 1 fully saturated rings. The van der Waals surface area contributed by atoms with Crippen LogP contribution in [0.4, 0.5) is 0 Å². The molecule has 1 N–H and O–H groups in total. The van der Waals surface area contributed by atoms with E-state index in [9.17, 15) is 5.11 Å². The first kappa shape index (κ1) is 20.0. The molecule has 1 aromatic rings. The molecule has 1 aliphatic carbocycles. The van der Waals surface area contributed by atoms with E-state index < -0.39 is 5.60 Å². The van der Waals surface area contributed by atoms with E-state index in [4.69, 9.17) is 9.47 Å². The smallest absolute Gasteiger partial charge is 0.231 e. The summed E-state index contributed by atoms with van der Waals surface area (Å²) < 4.78 is 10.8. The molecule has 0 saturated heterocycles. The van der Waals surface area contributed by atoms with Crippen molar-refractivity contribution in [3.05, 3.63) is 48.1 Å². The van der Waals surface area contributed by atoms with Crippen LogP contribution in [0.5, 0.6) is 11.5 Å². The molecule has 2 aliphatic rings. The highest BCUT2D eigenvalue weighted by molar-refractivity contribution is 5.44. The van der Waals surface area contributed by atoms with Crippen LogP contribution in [0, 0.1) is 5.92 Å². The maximum atomic E-state index is 11.0. The fourth-order valence-corrected chi connectivity index (χ4v) is 4.55. The topological polar surface area (TPSA) is 38.7 Å². The van der Waals surface area contributed by atoms with Crippen LogP contribution in [0.3, 0.4) is 0 Å². The van der Waals surface area contributed by atoms with Crippen LogP contribution in [0.1, 0.15) is 70.3 Å². The van der Waals surface area contributed by atoms with Gasteiger partial charge in [0.25, 0.3) is 0 Å². The van der Waals surface area contributed by atoms with Gasteiger partial charge < -0.3 is 14.6 Å². The number of hydrogen-bond donors (Lipinski definition) is 1. The number of aliphatic hydroxyl groups is 1. The Balaban J connectivity index is 1.51. The summed E-state index contributed by atoms with van der Waals surface area (Å²) in [6, 6.07) is 6.23. The van der Waals surface area contributed by atoms with Crippen molar-refractivity contribution >= 4 is 0 Å². The van der Waals surface area contributed by atoms with Gasteiger partial charge >= 0.3 is 0 Å². The highest BCUT2D eigenvalue weighted by atomic mass is 16.7. The first-order chi connectivity index (χ1) is 13.1. The van der Waals surface area contributed by atoms with Gasteiger partial charge in [-0.2, -0.15) is 0 Å². The highest BCUT2D eigenvalue weighted by Gasteiger charge is 2.37. The summed E-state index contributed by atoms with van der Waals surface area (Å²) in [4.78, 5) is 0. The molecule has 3 rings (SSSR count). The average molecular weight is 371 g/mol. The minimum atomic E-state index is -0.522. The van der Waals surface area contributed by atoms with Gasteiger partial charge in [-0.1, -0.05) is 43.6 Å². The summed E-state index contributed by atoms with van der Waals surface area (Å²) in [5, 5.41) is 11.0. The fraction of sp³-hybridized carbons (Fsp3) is 0.583. The van der Waals surface area contributed by atoms with Gasteiger partial charge in [-0.15, -0.1) is 6.58 Å². The van der Waals surface area contributed by atoms with Gasteiger partial charge in [0.1, 0.15) is 0 Å². The lowest BCUT2D eigenvalue weighted by Crippen LogP contribution is -2.40. The Morgan fingerprint density at radius 1 is 1.30 bits per heavy atom. The number of ether oxygens (including phenoxy) is 2. The van der Waals surface area contributed by atoms with E-state index >= 15 is 0 Å². The fourth-order valence-electron chi connectivity index (χ4n) is 4.55. The van der Waals surface area contributed by atoms with Gasteiger partial charge in [0.05, 0.1) is 5.60 Å². The van der Waals surface area contributed by atoms with E-state index in [1.807, 2.05) is 12.1 Å². The van der Waals surface area contributed by atoms with Gasteiger partial charge in [0.2, 0.25) is 6.79 Å². The molecule has 2 unspecified atom stereocenters. The summed E-state index contributed by atoms with van der Waals surface area (Å²) in [7, 11) is 0. The number of aryl methyl sites for hydroxylation is 1. The minimum absolute atomic E-state index is 0.331. The molecule has 1 aromatic carbocycles. The number of hydrogen-bond acceptors (Lipinski definition) is 3. The van der Waals surface area contributed by atoms with Crippen molar-refractivity contribution in [3.8, 4) is 11.5 Å². The third-order valence-electron chi connectivity index (χ3n) is 6.24. The predicted octanol–water partition coefficient (Wildman–Crippen LogP) is 5.96. The Kier molecular flexibility index (Phi) is 7.01. The Morgan fingerprint density at radius 2 is 2.15 bits per heavy atom. The Morgan fingerprint density at radius 3 is 2.96 bits per heavy atom. The minimum Gasteiger partial charge on any atom is -0.454 e. The van der Waals surface area contributed by atoms with Crippen LogP contribution in [0.2, 0.25) is 0 Å². The molecule has 1 aliphatic heterocycles.